The van der Waals surface area contributed by atoms with Crippen molar-refractivity contribution in [2.75, 3.05) is 11.5 Å². The molecule has 8 heteroatoms. The normalized spacial score (nSPS) is 11.7. The average molecular weight is 342 g/mol. The quantitative estimate of drug-likeness (QED) is 0.618. The van der Waals surface area contributed by atoms with E-state index < -0.39 is 11.4 Å². The van der Waals surface area contributed by atoms with E-state index in [-0.39, 0.29) is 17.4 Å². The summed E-state index contributed by atoms with van der Waals surface area (Å²) in [6, 6.07) is 4.35. The predicted octanol–water partition coefficient (Wildman–Crippen LogP) is 2.23. The molecule has 0 aliphatic heterocycles. The van der Waals surface area contributed by atoms with Gasteiger partial charge in [-0.2, -0.15) is 5.10 Å². The third-order valence-electron chi connectivity index (χ3n) is 3.62. The van der Waals surface area contributed by atoms with E-state index in [0.29, 0.717) is 22.2 Å². The van der Waals surface area contributed by atoms with Crippen LogP contribution in [-0.2, 0) is 0 Å². The van der Waals surface area contributed by atoms with E-state index in [1.165, 1.54) is 23.0 Å². The summed E-state index contributed by atoms with van der Waals surface area (Å²) in [4.78, 5) is 16.7. The summed E-state index contributed by atoms with van der Waals surface area (Å²) >= 11 is 0. The fourth-order valence-electron chi connectivity index (χ4n) is 2.59. The number of hydrogen-bond acceptors (Lipinski definition) is 5. The summed E-state index contributed by atoms with van der Waals surface area (Å²) in [7, 11) is 0. The predicted molar refractivity (Wildman–Crippen MR) is 94.4 cm³/mol. The van der Waals surface area contributed by atoms with Gasteiger partial charge in [0.25, 0.3) is 5.91 Å². The molecule has 3 rings (SSSR count). The zero-order valence-electron chi connectivity index (χ0n) is 14.2. The SMILES string of the molecule is CC(C)(C)NC(=O)c1cn2ncnc(N)c2c1-c1ccc(N)c(F)c1. The van der Waals surface area contributed by atoms with Gasteiger partial charge in [-0.3, -0.25) is 4.79 Å². The number of fused-ring (bicyclic) bond motifs is 1. The number of rotatable bonds is 2. The number of nitrogens with two attached hydrogens (primary N) is 2. The summed E-state index contributed by atoms with van der Waals surface area (Å²) < 4.78 is 15.4. The first kappa shape index (κ1) is 16.7. The molecule has 0 fully saturated rings. The van der Waals surface area contributed by atoms with Crippen molar-refractivity contribution in [2.24, 2.45) is 0 Å². The van der Waals surface area contributed by atoms with E-state index in [9.17, 15) is 9.18 Å². The minimum absolute atomic E-state index is 0.0252. The summed E-state index contributed by atoms with van der Waals surface area (Å²) in [5.41, 5.74) is 12.8. The zero-order chi connectivity index (χ0) is 18.4. The van der Waals surface area contributed by atoms with Gasteiger partial charge in [-0.25, -0.2) is 13.9 Å². The number of anilines is 2. The van der Waals surface area contributed by atoms with Crippen LogP contribution >= 0.6 is 0 Å². The maximum atomic E-state index is 14.0. The molecule has 0 radical (unpaired) electrons. The first-order chi connectivity index (χ1) is 11.7. The van der Waals surface area contributed by atoms with Crippen molar-refractivity contribution >= 4 is 22.9 Å². The Labute approximate surface area is 143 Å². The second kappa shape index (κ2) is 5.73. The number of carbonyl (C=O) groups is 1. The van der Waals surface area contributed by atoms with Crippen LogP contribution in [0.5, 0.6) is 0 Å². The maximum Gasteiger partial charge on any atom is 0.253 e. The second-order valence-corrected chi connectivity index (χ2v) is 6.80. The molecule has 0 unspecified atom stereocenters. The molecular weight excluding hydrogens is 323 g/mol. The third kappa shape index (κ3) is 3.10. The molecule has 2 heterocycles. The number of aromatic nitrogens is 3. The van der Waals surface area contributed by atoms with Gasteiger partial charge < -0.3 is 16.8 Å². The van der Waals surface area contributed by atoms with Gasteiger partial charge in [-0.15, -0.1) is 0 Å². The van der Waals surface area contributed by atoms with Crippen molar-refractivity contribution in [2.45, 2.75) is 26.3 Å². The first-order valence-corrected chi connectivity index (χ1v) is 7.67. The number of nitrogens with one attached hydrogen (secondary N) is 1. The van der Waals surface area contributed by atoms with Crippen molar-refractivity contribution in [1.82, 2.24) is 19.9 Å². The van der Waals surface area contributed by atoms with E-state index in [1.54, 1.807) is 12.3 Å². The standard InChI is InChI=1S/C17H19FN6O/c1-17(2,3)23-16(25)10-7-24-14(15(20)21-8-22-24)13(10)9-4-5-12(19)11(18)6-9/h4-8H,19H2,1-3H3,(H,23,25)(H2,20,21,22). The Balaban J connectivity index is 2.28. The van der Waals surface area contributed by atoms with Crippen LogP contribution in [0.1, 0.15) is 31.1 Å². The van der Waals surface area contributed by atoms with Gasteiger partial charge in [-0.1, -0.05) is 6.07 Å². The highest BCUT2D eigenvalue weighted by Crippen LogP contribution is 2.33. The Morgan fingerprint density at radius 2 is 2.00 bits per heavy atom. The van der Waals surface area contributed by atoms with Gasteiger partial charge in [-0.05, 0) is 38.5 Å². The lowest BCUT2D eigenvalue weighted by molar-refractivity contribution is 0.0920. The molecule has 3 aromatic rings. The molecule has 7 nitrogen and oxygen atoms in total. The molecule has 1 amide bonds. The number of halogens is 1. The van der Waals surface area contributed by atoms with Gasteiger partial charge in [0.2, 0.25) is 0 Å². The van der Waals surface area contributed by atoms with Crippen molar-refractivity contribution in [3.8, 4) is 11.1 Å². The molecule has 0 saturated heterocycles. The summed E-state index contributed by atoms with van der Waals surface area (Å²) in [5, 5.41) is 6.99. The van der Waals surface area contributed by atoms with E-state index in [4.69, 9.17) is 11.5 Å². The average Bonchev–Trinajstić information content (AvgIpc) is 2.89. The van der Waals surface area contributed by atoms with Gasteiger partial charge >= 0.3 is 0 Å². The van der Waals surface area contributed by atoms with E-state index in [1.807, 2.05) is 20.8 Å². The molecule has 0 aliphatic carbocycles. The van der Waals surface area contributed by atoms with Gasteiger partial charge in [0.15, 0.2) is 5.82 Å². The van der Waals surface area contributed by atoms with E-state index in [0.717, 1.165) is 0 Å². The summed E-state index contributed by atoms with van der Waals surface area (Å²) in [6.07, 6.45) is 2.85. The molecule has 1 aromatic carbocycles. The minimum Gasteiger partial charge on any atom is -0.396 e. The third-order valence-corrected chi connectivity index (χ3v) is 3.62. The van der Waals surface area contributed by atoms with Gasteiger partial charge in [0.1, 0.15) is 17.7 Å². The second-order valence-electron chi connectivity index (χ2n) is 6.80. The molecule has 5 N–H and O–H groups in total. The van der Waals surface area contributed by atoms with Crippen LogP contribution in [0.3, 0.4) is 0 Å². The highest BCUT2D eigenvalue weighted by atomic mass is 19.1. The van der Waals surface area contributed by atoms with Crippen LogP contribution in [0.25, 0.3) is 16.6 Å². The van der Waals surface area contributed by atoms with Crippen LogP contribution in [0.2, 0.25) is 0 Å². The van der Waals surface area contributed by atoms with Crippen molar-refractivity contribution in [1.29, 1.82) is 0 Å². The van der Waals surface area contributed by atoms with E-state index in [2.05, 4.69) is 15.4 Å². The fourth-order valence-corrected chi connectivity index (χ4v) is 2.59. The van der Waals surface area contributed by atoms with Crippen molar-refractivity contribution in [3.63, 3.8) is 0 Å². The lowest BCUT2D eigenvalue weighted by Gasteiger charge is -2.20. The first-order valence-electron chi connectivity index (χ1n) is 7.67. The molecule has 0 aliphatic rings. The molecule has 0 bridgehead atoms. The molecule has 0 atom stereocenters. The van der Waals surface area contributed by atoms with E-state index >= 15 is 0 Å². The van der Waals surface area contributed by atoms with Crippen LogP contribution < -0.4 is 16.8 Å². The molecule has 0 saturated carbocycles. The number of amides is 1. The Morgan fingerprint density at radius 1 is 1.28 bits per heavy atom. The Hall–Kier alpha value is -3.16. The van der Waals surface area contributed by atoms with Crippen molar-refractivity contribution < 1.29 is 9.18 Å². The Morgan fingerprint density at radius 3 is 2.64 bits per heavy atom. The van der Waals surface area contributed by atoms with Gasteiger partial charge in [0, 0.05) is 17.3 Å². The van der Waals surface area contributed by atoms with Crippen molar-refractivity contribution in [3.05, 3.63) is 42.1 Å². The number of nitrogens with zero attached hydrogens (tertiary/aromatic N) is 3. The number of nitrogen functional groups attached to an aromatic ring is 2. The van der Waals surface area contributed by atoms with Crippen LogP contribution in [0.4, 0.5) is 15.9 Å². The molecule has 130 valence electrons. The number of carbonyl (C=O) groups excluding carboxylic acids is 1. The van der Waals surface area contributed by atoms with Crippen LogP contribution in [0, 0.1) is 5.82 Å². The lowest BCUT2D eigenvalue weighted by atomic mass is 10.0. The molecule has 0 spiro atoms. The van der Waals surface area contributed by atoms with Crippen LogP contribution in [0.15, 0.2) is 30.7 Å². The largest absolute Gasteiger partial charge is 0.396 e. The van der Waals surface area contributed by atoms with Gasteiger partial charge in [0.05, 0.1) is 11.3 Å². The zero-order valence-corrected chi connectivity index (χ0v) is 14.2. The topological polar surface area (TPSA) is 111 Å². The highest BCUT2D eigenvalue weighted by molar-refractivity contribution is 6.07. The Kier molecular flexibility index (Phi) is 3.82. The number of benzene rings is 1. The molecule has 2 aromatic heterocycles. The van der Waals surface area contributed by atoms with Crippen LogP contribution in [-0.4, -0.2) is 26.0 Å². The fraction of sp³-hybridized carbons (Fsp3) is 0.235. The maximum absolute atomic E-state index is 14.0. The summed E-state index contributed by atoms with van der Waals surface area (Å²) in [6.45, 7) is 5.62. The molecular formula is C17H19FN6O. The summed E-state index contributed by atoms with van der Waals surface area (Å²) in [5.74, 6) is -0.698. The monoisotopic (exact) mass is 342 g/mol. The molecule has 25 heavy (non-hydrogen) atoms. The smallest absolute Gasteiger partial charge is 0.253 e. The lowest BCUT2D eigenvalue weighted by Crippen LogP contribution is -2.40. The minimum atomic E-state index is -0.575. The number of hydrogen-bond donors (Lipinski definition) is 3. The Bertz CT molecular complexity index is 973. The highest BCUT2D eigenvalue weighted by Gasteiger charge is 2.24.